The van der Waals surface area contributed by atoms with Crippen LogP contribution in [-0.2, 0) is 6.73 Å². The molecule has 0 unspecified atom stereocenters. The van der Waals surface area contributed by atoms with Crippen LogP contribution < -0.4 is 10.3 Å². The van der Waals surface area contributed by atoms with E-state index in [0.717, 1.165) is 33.3 Å². The van der Waals surface area contributed by atoms with Crippen molar-refractivity contribution in [1.29, 1.82) is 0 Å². The Balaban J connectivity index is 2.12. The zero-order valence-corrected chi connectivity index (χ0v) is 11.1. The number of pyridine rings is 1. The van der Waals surface area contributed by atoms with Crippen LogP contribution in [0, 0.1) is 6.92 Å². The summed E-state index contributed by atoms with van der Waals surface area (Å²) < 4.78 is 7.37. The lowest BCUT2D eigenvalue weighted by atomic mass is 10.0. The molecular weight excluding hydrogens is 250 g/mol. The molecule has 3 heteroatoms. The lowest BCUT2D eigenvalue weighted by Gasteiger charge is -2.22. The van der Waals surface area contributed by atoms with Gasteiger partial charge in [-0.25, -0.2) is 0 Å². The van der Waals surface area contributed by atoms with Crippen molar-refractivity contribution in [3.05, 3.63) is 64.4 Å². The number of para-hydroxylation sites is 1. The van der Waals surface area contributed by atoms with Crippen molar-refractivity contribution >= 4 is 10.8 Å². The quantitative estimate of drug-likeness (QED) is 0.623. The fourth-order valence-corrected chi connectivity index (χ4v) is 2.75. The first-order chi connectivity index (χ1) is 9.74. The van der Waals surface area contributed by atoms with Gasteiger partial charge in [-0.2, -0.15) is 0 Å². The summed E-state index contributed by atoms with van der Waals surface area (Å²) in [5.41, 5.74) is 2.99. The number of aromatic nitrogens is 1. The highest BCUT2D eigenvalue weighted by Crippen LogP contribution is 2.34. The lowest BCUT2D eigenvalue weighted by Crippen LogP contribution is -2.27. The van der Waals surface area contributed by atoms with Gasteiger partial charge in [0.25, 0.3) is 5.56 Å². The van der Waals surface area contributed by atoms with Crippen molar-refractivity contribution in [2.75, 3.05) is 0 Å². The molecule has 3 nitrogen and oxygen atoms in total. The predicted octanol–water partition coefficient (Wildman–Crippen LogP) is 3.33. The van der Waals surface area contributed by atoms with Gasteiger partial charge in [0.05, 0.1) is 5.69 Å². The van der Waals surface area contributed by atoms with E-state index in [-0.39, 0.29) is 12.3 Å². The van der Waals surface area contributed by atoms with Crippen LogP contribution in [0.2, 0.25) is 0 Å². The van der Waals surface area contributed by atoms with Crippen LogP contribution in [0.1, 0.15) is 5.56 Å². The number of aryl methyl sites for hydroxylation is 1. The van der Waals surface area contributed by atoms with E-state index in [4.69, 9.17) is 4.74 Å². The van der Waals surface area contributed by atoms with E-state index >= 15 is 0 Å². The molecule has 98 valence electrons. The van der Waals surface area contributed by atoms with Crippen LogP contribution in [0.5, 0.6) is 5.75 Å². The first-order valence-corrected chi connectivity index (χ1v) is 6.60. The van der Waals surface area contributed by atoms with Gasteiger partial charge in [-0.05, 0) is 36.6 Å². The highest BCUT2D eigenvalue weighted by Gasteiger charge is 2.18. The van der Waals surface area contributed by atoms with Crippen molar-refractivity contribution < 1.29 is 4.74 Å². The zero-order valence-electron chi connectivity index (χ0n) is 11.1. The maximum absolute atomic E-state index is 12.6. The molecule has 0 N–H and O–H groups in total. The average Bonchev–Trinajstić information content (AvgIpc) is 2.48. The molecule has 0 saturated heterocycles. The minimum atomic E-state index is 0.00991. The number of hydrogen-bond donors (Lipinski definition) is 0. The van der Waals surface area contributed by atoms with Crippen LogP contribution >= 0.6 is 0 Å². The Morgan fingerprint density at radius 3 is 2.85 bits per heavy atom. The third-order valence-electron chi connectivity index (χ3n) is 3.78. The van der Waals surface area contributed by atoms with Gasteiger partial charge in [0.1, 0.15) is 5.75 Å². The molecule has 0 atom stereocenters. The summed E-state index contributed by atoms with van der Waals surface area (Å²) in [6, 6.07) is 15.9. The minimum absolute atomic E-state index is 0.00991. The van der Waals surface area contributed by atoms with Crippen molar-refractivity contribution in [2.45, 2.75) is 13.7 Å². The molecule has 1 aliphatic heterocycles. The largest absolute Gasteiger partial charge is 0.472 e. The summed E-state index contributed by atoms with van der Waals surface area (Å²) in [5.74, 6) is 0.832. The van der Waals surface area contributed by atoms with Gasteiger partial charge < -0.3 is 4.74 Å². The number of benzene rings is 2. The van der Waals surface area contributed by atoms with E-state index < -0.39 is 0 Å². The summed E-state index contributed by atoms with van der Waals surface area (Å²) in [6.45, 7) is 2.27. The Bertz CT molecular complexity index is 893. The van der Waals surface area contributed by atoms with Crippen LogP contribution in [0.3, 0.4) is 0 Å². The summed E-state index contributed by atoms with van der Waals surface area (Å²) in [6.07, 6.45) is 0. The molecular formula is C17H13NO2. The van der Waals surface area contributed by atoms with E-state index in [1.54, 1.807) is 4.57 Å². The molecule has 0 amide bonds. The molecule has 4 rings (SSSR count). The van der Waals surface area contributed by atoms with E-state index in [1.165, 1.54) is 0 Å². The SMILES string of the molecule is Cc1ccc2cc3n(c(=O)c2c1)COc1ccccc1-3. The maximum atomic E-state index is 12.6. The van der Waals surface area contributed by atoms with Gasteiger partial charge in [-0.1, -0.05) is 29.8 Å². The molecule has 0 spiro atoms. The number of nitrogens with zero attached hydrogens (tertiary/aromatic N) is 1. The Morgan fingerprint density at radius 2 is 1.95 bits per heavy atom. The number of rotatable bonds is 0. The molecule has 3 aromatic rings. The minimum Gasteiger partial charge on any atom is -0.472 e. The standard InChI is InChI=1S/C17H13NO2/c1-11-6-7-12-9-15-13-4-2-3-5-16(13)20-10-18(15)17(19)14(12)8-11/h2-9H,10H2,1H3. The highest BCUT2D eigenvalue weighted by atomic mass is 16.5. The molecule has 1 aliphatic rings. The Morgan fingerprint density at radius 1 is 1.10 bits per heavy atom. The fraction of sp³-hybridized carbons (Fsp3) is 0.118. The van der Waals surface area contributed by atoms with Crippen LogP contribution in [0.15, 0.2) is 53.3 Å². The molecule has 0 bridgehead atoms. The van der Waals surface area contributed by atoms with Crippen LogP contribution in [0.4, 0.5) is 0 Å². The topological polar surface area (TPSA) is 31.2 Å². The van der Waals surface area contributed by atoms with E-state index in [0.29, 0.717) is 0 Å². The fourth-order valence-electron chi connectivity index (χ4n) is 2.75. The second-order valence-electron chi connectivity index (χ2n) is 5.12. The molecule has 1 aromatic heterocycles. The average molecular weight is 263 g/mol. The zero-order chi connectivity index (χ0) is 13.7. The van der Waals surface area contributed by atoms with Gasteiger partial charge >= 0.3 is 0 Å². The summed E-state index contributed by atoms with van der Waals surface area (Å²) in [5, 5.41) is 1.72. The van der Waals surface area contributed by atoms with E-state index in [1.807, 2.05) is 49.4 Å². The number of ether oxygens (including phenoxy) is 1. The first kappa shape index (κ1) is 11.3. The molecule has 20 heavy (non-hydrogen) atoms. The Hall–Kier alpha value is -2.55. The summed E-state index contributed by atoms with van der Waals surface area (Å²) >= 11 is 0. The monoisotopic (exact) mass is 263 g/mol. The number of hydrogen-bond acceptors (Lipinski definition) is 2. The molecule has 0 aliphatic carbocycles. The summed E-state index contributed by atoms with van der Waals surface area (Å²) in [4.78, 5) is 12.6. The second kappa shape index (κ2) is 3.97. The van der Waals surface area contributed by atoms with Crippen molar-refractivity contribution in [2.24, 2.45) is 0 Å². The van der Waals surface area contributed by atoms with Crippen molar-refractivity contribution in [3.8, 4) is 17.0 Å². The molecule has 0 radical (unpaired) electrons. The van der Waals surface area contributed by atoms with Crippen LogP contribution in [-0.4, -0.2) is 4.57 Å². The van der Waals surface area contributed by atoms with E-state index in [2.05, 4.69) is 6.07 Å². The maximum Gasteiger partial charge on any atom is 0.261 e. The van der Waals surface area contributed by atoms with Gasteiger partial charge in [0, 0.05) is 10.9 Å². The Labute approximate surface area is 116 Å². The van der Waals surface area contributed by atoms with Gasteiger partial charge in [-0.3, -0.25) is 9.36 Å². The highest BCUT2D eigenvalue weighted by molar-refractivity contribution is 5.87. The third-order valence-corrected chi connectivity index (χ3v) is 3.78. The normalized spacial score (nSPS) is 12.7. The molecule has 2 heterocycles. The van der Waals surface area contributed by atoms with Gasteiger partial charge in [-0.15, -0.1) is 0 Å². The molecule has 0 fully saturated rings. The first-order valence-electron chi connectivity index (χ1n) is 6.60. The molecule has 2 aromatic carbocycles. The predicted molar refractivity (Wildman–Crippen MR) is 79.0 cm³/mol. The summed E-state index contributed by atoms with van der Waals surface area (Å²) in [7, 11) is 0. The van der Waals surface area contributed by atoms with Gasteiger partial charge in [0.15, 0.2) is 6.73 Å². The van der Waals surface area contributed by atoms with Crippen molar-refractivity contribution in [1.82, 2.24) is 4.57 Å². The smallest absolute Gasteiger partial charge is 0.261 e. The van der Waals surface area contributed by atoms with E-state index in [9.17, 15) is 4.79 Å². The third kappa shape index (κ3) is 1.50. The van der Waals surface area contributed by atoms with Crippen molar-refractivity contribution in [3.63, 3.8) is 0 Å². The van der Waals surface area contributed by atoms with Crippen LogP contribution in [0.25, 0.3) is 22.0 Å². The Kier molecular flexibility index (Phi) is 2.24. The molecule has 0 saturated carbocycles. The number of fused-ring (bicyclic) bond motifs is 4. The lowest BCUT2D eigenvalue weighted by molar-refractivity contribution is 0.226. The van der Waals surface area contributed by atoms with Gasteiger partial charge in [0.2, 0.25) is 0 Å². The second-order valence-corrected chi connectivity index (χ2v) is 5.12.